The van der Waals surface area contributed by atoms with Gasteiger partial charge in [0.05, 0.1) is 5.75 Å². The lowest BCUT2D eigenvalue weighted by Gasteiger charge is -2.30. The minimum absolute atomic E-state index is 0.0604. The van der Waals surface area contributed by atoms with Gasteiger partial charge in [0.1, 0.15) is 5.75 Å². The molecule has 2 atom stereocenters. The van der Waals surface area contributed by atoms with E-state index >= 15 is 0 Å². The summed E-state index contributed by atoms with van der Waals surface area (Å²) in [6.07, 6.45) is 0.808. The Morgan fingerprint density at radius 2 is 1.86 bits per heavy atom. The highest BCUT2D eigenvalue weighted by Crippen LogP contribution is 2.36. The maximum atomic E-state index is 12.3. The number of aromatic hydroxyl groups is 1. The van der Waals surface area contributed by atoms with Gasteiger partial charge in [-0.15, -0.1) is 0 Å². The second-order valence-corrected chi connectivity index (χ2v) is 7.58. The van der Waals surface area contributed by atoms with Crippen molar-refractivity contribution in [2.75, 3.05) is 5.75 Å². The van der Waals surface area contributed by atoms with Crippen LogP contribution < -0.4 is 4.72 Å². The van der Waals surface area contributed by atoms with Gasteiger partial charge in [-0.1, -0.05) is 42.5 Å². The van der Waals surface area contributed by atoms with E-state index in [0.717, 1.165) is 12.0 Å². The SMILES string of the molecule is C[C@@H](NS(=O)(=O)CC1Cc2ccccc21)c1ccccc1O. The van der Waals surface area contributed by atoms with Gasteiger partial charge in [0.15, 0.2) is 0 Å². The Bertz CT molecular complexity index is 786. The molecule has 1 aliphatic rings. The van der Waals surface area contributed by atoms with Crippen molar-refractivity contribution >= 4 is 10.0 Å². The first kappa shape index (κ1) is 15.1. The number of nitrogens with one attached hydrogen (secondary N) is 1. The highest BCUT2D eigenvalue weighted by molar-refractivity contribution is 7.89. The first-order chi connectivity index (χ1) is 10.5. The molecule has 1 aliphatic carbocycles. The lowest BCUT2D eigenvalue weighted by atomic mass is 9.79. The summed E-state index contributed by atoms with van der Waals surface area (Å²) in [4.78, 5) is 0. The zero-order chi connectivity index (χ0) is 15.7. The molecule has 0 aliphatic heterocycles. The zero-order valence-corrected chi connectivity index (χ0v) is 13.2. The predicted octanol–water partition coefficient (Wildman–Crippen LogP) is 2.71. The van der Waals surface area contributed by atoms with Crippen LogP contribution in [-0.4, -0.2) is 19.3 Å². The Balaban J connectivity index is 1.69. The maximum Gasteiger partial charge on any atom is 0.212 e. The summed E-state index contributed by atoms with van der Waals surface area (Å²) in [5.74, 6) is 0.249. The molecule has 0 fully saturated rings. The molecule has 0 saturated carbocycles. The van der Waals surface area contributed by atoms with Gasteiger partial charge in [0.2, 0.25) is 10.0 Å². The Kier molecular flexibility index (Phi) is 3.93. The standard InChI is InChI=1S/C17H19NO3S/c1-12(15-7-4-5-9-17(15)19)18-22(20,21)11-14-10-13-6-2-3-8-16(13)14/h2-9,12,14,18-19H,10-11H2,1H3/t12-,14?/m1/s1. The summed E-state index contributed by atoms with van der Waals surface area (Å²) in [7, 11) is -3.41. The van der Waals surface area contributed by atoms with Gasteiger partial charge in [0, 0.05) is 17.5 Å². The number of hydrogen-bond acceptors (Lipinski definition) is 3. The monoisotopic (exact) mass is 317 g/mol. The van der Waals surface area contributed by atoms with Crippen LogP contribution in [0.2, 0.25) is 0 Å². The number of rotatable bonds is 5. The summed E-state index contributed by atoms with van der Waals surface area (Å²) >= 11 is 0. The third-order valence-corrected chi connectivity index (χ3v) is 5.70. The number of para-hydroxylation sites is 1. The minimum atomic E-state index is -3.41. The van der Waals surface area contributed by atoms with Gasteiger partial charge in [-0.05, 0) is 30.5 Å². The highest BCUT2D eigenvalue weighted by atomic mass is 32.2. The van der Waals surface area contributed by atoms with Crippen LogP contribution in [0.5, 0.6) is 5.75 Å². The van der Waals surface area contributed by atoms with Crippen LogP contribution in [0.25, 0.3) is 0 Å². The third kappa shape index (κ3) is 3.00. The molecule has 0 aromatic heterocycles. The Labute approximate surface area is 130 Å². The summed E-state index contributed by atoms with van der Waals surface area (Å²) < 4.78 is 27.3. The molecule has 0 heterocycles. The van der Waals surface area contributed by atoms with Crippen LogP contribution in [0.4, 0.5) is 0 Å². The van der Waals surface area contributed by atoms with E-state index in [-0.39, 0.29) is 17.4 Å². The Morgan fingerprint density at radius 3 is 2.59 bits per heavy atom. The van der Waals surface area contributed by atoms with Crippen molar-refractivity contribution in [3.63, 3.8) is 0 Å². The average molecular weight is 317 g/mol. The average Bonchev–Trinajstić information content (AvgIpc) is 2.45. The van der Waals surface area contributed by atoms with Crippen molar-refractivity contribution < 1.29 is 13.5 Å². The van der Waals surface area contributed by atoms with Crippen molar-refractivity contribution in [2.24, 2.45) is 0 Å². The summed E-state index contributed by atoms with van der Waals surface area (Å²) in [5.41, 5.74) is 2.94. The Hall–Kier alpha value is -1.85. The topological polar surface area (TPSA) is 66.4 Å². The van der Waals surface area contributed by atoms with Crippen LogP contribution in [0.1, 0.15) is 35.6 Å². The first-order valence-electron chi connectivity index (χ1n) is 7.32. The molecule has 2 N–H and O–H groups in total. The number of hydrogen-bond donors (Lipinski definition) is 2. The van der Waals surface area contributed by atoms with E-state index in [9.17, 15) is 13.5 Å². The highest BCUT2D eigenvalue weighted by Gasteiger charge is 2.30. The fourth-order valence-electron chi connectivity index (χ4n) is 3.01. The molecule has 4 nitrogen and oxygen atoms in total. The summed E-state index contributed by atoms with van der Waals surface area (Å²) in [6, 6.07) is 14.3. The number of sulfonamides is 1. The molecule has 5 heteroatoms. The van der Waals surface area contributed by atoms with E-state index in [1.165, 1.54) is 5.56 Å². The fraction of sp³-hybridized carbons (Fsp3) is 0.294. The van der Waals surface area contributed by atoms with Crippen LogP contribution in [0.3, 0.4) is 0 Å². The van der Waals surface area contributed by atoms with Crippen molar-refractivity contribution in [3.05, 3.63) is 65.2 Å². The lowest BCUT2D eigenvalue weighted by Crippen LogP contribution is -2.34. The fourth-order valence-corrected chi connectivity index (χ4v) is 4.60. The van der Waals surface area contributed by atoms with E-state index < -0.39 is 16.1 Å². The van der Waals surface area contributed by atoms with Gasteiger partial charge >= 0.3 is 0 Å². The molecule has 116 valence electrons. The first-order valence-corrected chi connectivity index (χ1v) is 8.97. The van der Waals surface area contributed by atoms with Gasteiger partial charge in [-0.25, -0.2) is 13.1 Å². The van der Waals surface area contributed by atoms with Crippen molar-refractivity contribution in [1.29, 1.82) is 0 Å². The molecule has 2 aromatic carbocycles. The Morgan fingerprint density at radius 1 is 1.18 bits per heavy atom. The molecule has 0 bridgehead atoms. The lowest BCUT2D eigenvalue weighted by molar-refractivity contribution is 0.460. The van der Waals surface area contributed by atoms with Crippen molar-refractivity contribution in [3.8, 4) is 5.75 Å². The minimum Gasteiger partial charge on any atom is -0.508 e. The van der Waals surface area contributed by atoms with Gasteiger partial charge in [-0.2, -0.15) is 0 Å². The van der Waals surface area contributed by atoms with Gasteiger partial charge < -0.3 is 5.11 Å². The number of fused-ring (bicyclic) bond motifs is 1. The van der Waals surface area contributed by atoms with Gasteiger partial charge in [-0.3, -0.25) is 0 Å². The second kappa shape index (κ2) is 5.74. The molecular weight excluding hydrogens is 298 g/mol. The molecule has 0 radical (unpaired) electrons. The molecule has 0 spiro atoms. The van der Waals surface area contributed by atoms with Crippen LogP contribution in [0.15, 0.2) is 48.5 Å². The predicted molar refractivity (Wildman–Crippen MR) is 86.3 cm³/mol. The zero-order valence-electron chi connectivity index (χ0n) is 12.4. The smallest absolute Gasteiger partial charge is 0.212 e. The van der Waals surface area contributed by atoms with Crippen molar-refractivity contribution in [1.82, 2.24) is 4.72 Å². The van der Waals surface area contributed by atoms with Crippen LogP contribution in [0, 0.1) is 0 Å². The molecule has 22 heavy (non-hydrogen) atoms. The third-order valence-electron chi connectivity index (χ3n) is 4.14. The molecule has 1 unspecified atom stereocenters. The van der Waals surface area contributed by atoms with Crippen LogP contribution in [-0.2, 0) is 16.4 Å². The molecule has 3 rings (SSSR count). The van der Waals surface area contributed by atoms with Crippen LogP contribution >= 0.6 is 0 Å². The maximum absolute atomic E-state index is 12.3. The largest absolute Gasteiger partial charge is 0.508 e. The van der Waals surface area contributed by atoms with E-state index in [0.29, 0.717) is 5.56 Å². The number of phenolic OH excluding ortho intramolecular Hbond substituents is 1. The van der Waals surface area contributed by atoms with E-state index in [4.69, 9.17) is 0 Å². The van der Waals surface area contributed by atoms with E-state index in [1.807, 2.05) is 24.3 Å². The van der Waals surface area contributed by atoms with Crippen molar-refractivity contribution in [2.45, 2.75) is 25.3 Å². The van der Waals surface area contributed by atoms with E-state index in [1.54, 1.807) is 31.2 Å². The normalized spacial score (nSPS) is 18.3. The number of phenols is 1. The van der Waals surface area contributed by atoms with Gasteiger partial charge in [0.25, 0.3) is 0 Å². The summed E-state index contributed by atoms with van der Waals surface area (Å²) in [5, 5.41) is 9.81. The molecular formula is C17H19NO3S. The quantitative estimate of drug-likeness (QED) is 0.891. The second-order valence-electron chi connectivity index (χ2n) is 5.78. The molecule has 0 amide bonds. The summed E-state index contributed by atoms with van der Waals surface area (Å²) in [6.45, 7) is 1.74. The molecule has 0 saturated heterocycles. The molecule has 2 aromatic rings. The number of benzene rings is 2. The van der Waals surface area contributed by atoms with E-state index in [2.05, 4.69) is 4.72 Å².